The average molecular weight is 999 g/mol. The number of hydrogen-bond donors (Lipinski definition) is 0. The molecule has 13 aromatic rings. The molecule has 0 saturated heterocycles. The molecule has 5 heterocycles. The second kappa shape index (κ2) is 16.6. The highest BCUT2D eigenvalue weighted by Crippen LogP contribution is 2.50. The zero-order valence-corrected chi connectivity index (χ0v) is 44.3. The van der Waals surface area contributed by atoms with Crippen LogP contribution in [0, 0.1) is 27.7 Å². The third kappa shape index (κ3) is 6.13. The lowest BCUT2D eigenvalue weighted by Gasteiger charge is -2.47. The number of amides is 2. The standard InChI is InChI=1S/C71H52B2N4O/c1-6-46-34-42(2)67(43(3)35-46)72-56-32-30-48-31-33-57-70-66(48)69(56)76(64-40-62-54(38-58(64)72)52-26-16-18-28-60(52)74(62)50-22-12-8-13-23-50)71(78)77(70)65-41-63-55(53-27-17-19-29-61(53)75(63)51-24-14-9-15-25-51)39-59(65)73(57)68-44(4)36-49(37-45(68)5)47-20-10-7-11-21-47/h7-41H,6H2,1-5H3. The molecule has 0 bridgehead atoms. The van der Waals surface area contributed by atoms with Crippen LogP contribution in [-0.2, 0) is 6.42 Å². The normalized spacial score (nSPS) is 13.4. The van der Waals surface area contributed by atoms with Crippen LogP contribution < -0.4 is 42.6 Å². The van der Waals surface area contributed by atoms with Crippen molar-refractivity contribution in [3.05, 3.63) is 240 Å². The predicted octanol–water partition coefficient (Wildman–Crippen LogP) is 13.6. The Bertz CT molecular complexity index is 4700. The smallest absolute Gasteiger partial charge is 0.309 e. The van der Waals surface area contributed by atoms with Crippen LogP contribution in [0.1, 0.15) is 34.7 Å². The van der Waals surface area contributed by atoms with E-state index in [0.29, 0.717) is 0 Å². The van der Waals surface area contributed by atoms with Crippen LogP contribution in [0.2, 0.25) is 0 Å². The molecule has 0 unspecified atom stereocenters. The third-order valence-corrected chi connectivity index (χ3v) is 17.8. The highest BCUT2D eigenvalue weighted by Gasteiger charge is 2.49. The molecule has 3 aliphatic rings. The first-order chi connectivity index (χ1) is 38.2. The number of aryl methyl sites for hydroxylation is 5. The number of aromatic nitrogens is 2. The first-order valence-corrected chi connectivity index (χ1v) is 27.5. The summed E-state index contributed by atoms with van der Waals surface area (Å²) in [6.45, 7) is 11.1. The second-order valence-electron chi connectivity index (χ2n) is 22.0. The van der Waals surface area contributed by atoms with Gasteiger partial charge in [-0.3, -0.25) is 9.80 Å². The number of carbonyl (C=O) groups excluding carboxylic acids is 1. The SMILES string of the molecule is CCc1cc(C)c(B2c3cc4c5ccccc5n(-c5ccccc5)c4cc3N3C(=O)N4c5cc6c(cc5B(c5c(C)cc(-c7ccccc7)cc5C)c5ccc7ccc2c3c7c54)c2ccccc2n6-c2ccccc2)c(C)c1. The Hall–Kier alpha value is -9.32. The van der Waals surface area contributed by atoms with E-state index in [1.807, 2.05) is 0 Å². The molecule has 2 aromatic heterocycles. The first-order valence-electron chi connectivity index (χ1n) is 27.5. The van der Waals surface area contributed by atoms with E-state index in [1.54, 1.807) is 0 Å². The van der Waals surface area contributed by atoms with Gasteiger partial charge in [0.05, 0.1) is 33.4 Å². The van der Waals surface area contributed by atoms with E-state index in [0.717, 1.165) is 101 Å². The van der Waals surface area contributed by atoms with Gasteiger partial charge < -0.3 is 9.13 Å². The predicted molar refractivity (Wildman–Crippen MR) is 331 cm³/mol. The van der Waals surface area contributed by atoms with Gasteiger partial charge in [0.25, 0.3) is 0 Å². The fourth-order valence-corrected chi connectivity index (χ4v) is 14.6. The summed E-state index contributed by atoms with van der Waals surface area (Å²) in [6, 6.07) is 77.9. The van der Waals surface area contributed by atoms with E-state index >= 15 is 4.79 Å². The number of hydrogen-bond acceptors (Lipinski definition) is 1. The van der Waals surface area contributed by atoms with E-state index in [4.69, 9.17) is 0 Å². The number of para-hydroxylation sites is 4. The molecule has 5 nitrogen and oxygen atoms in total. The molecular weight excluding hydrogens is 946 g/mol. The van der Waals surface area contributed by atoms with Crippen molar-refractivity contribution in [1.29, 1.82) is 0 Å². The van der Waals surface area contributed by atoms with Crippen molar-refractivity contribution in [2.24, 2.45) is 0 Å². The van der Waals surface area contributed by atoms with Crippen molar-refractivity contribution in [1.82, 2.24) is 9.13 Å². The minimum absolute atomic E-state index is 0.0748. The molecule has 16 rings (SSSR count). The monoisotopic (exact) mass is 998 g/mol. The summed E-state index contributed by atoms with van der Waals surface area (Å²) in [5.41, 5.74) is 26.2. The summed E-state index contributed by atoms with van der Waals surface area (Å²) >= 11 is 0. The summed E-state index contributed by atoms with van der Waals surface area (Å²) in [5.74, 6) is 0. The number of nitrogens with zero attached hydrogens (tertiary/aromatic N) is 4. The maximum Gasteiger partial charge on any atom is 0.338 e. The first kappa shape index (κ1) is 44.9. The van der Waals surface area contributed by atoms with E-state index in [-0.39, 0.29) is 19.5 Å². The van der Waals surface area contributed by atoms with Crippen molar-refractivity contribution in [2.45, 2.75) is 41.0 Å². The number of fused-ring (bicyclic) bond motifs is 10. The van der Waals surface area contributed by atoms with Crippen molar-refractivity contribution >= 4 is 129 Å². The van der Waals surface area contributed by atoms with E-state index in [1.165, 1.54) is 66.0 Å². The highest BCUT2D eigenvalue weighted by atomic mass is 16.2. The molecule has 368 valence electrons. The number of urea groups is 1. The lowest BCUT2D eigenvalue weighted by atomic mass is 9.32. The third-order valence-electron chi connectivity index (χ3n) is 17.8. The van der Waals surface area contributed by atoms with Crippen LogP contribution in [-0.4, -0.2) is 28.6 Å². The van der Waals surface area contributed by atoms with Gasteiger partial charge in [-0.1, -0.05) is 204 Å². The Morgan fingerprint density at radius 2 is 0.808 bits per heavy atom. The van der Waals surface area contributed by atoms with Crippen LogP contribution in [0.4, 0.5) is 27.5 Å². The molecule has 0 N–H and O–H groups in total. The molecule has 78 heavy (non-hydrogen) atoms. The Morgan fingerprint density at radius 1 is 0.385 bits per heavy atom. The van der Waals surface area contributed by atoms with Gasteiger partial charge in [0.15, 0.2) is 0 Å². The molecule has 0 saturated carbocycles. The fourth-order valence-electron chi connectivity index (χ4n) is 14.6. The number of benzene rings is 11. The van der Waals surface area contributed by atoms with Gasteiger partial charge in [-0.25, -0.2) is 4.79 Å². The van der Waals surface area contributed by atoms with Crippen LogP contribution in [0.15, 0.2) is 212 Å². The number of carbonyl (C=O) groups is 1. The molecule has 11 aromatic carbocycles. The molecule has 0 fully saturated rings. The van der Waals surface area contributed by atoms with Crippen molar-refractivity contribution in [3.8, 4) is 22.5 Å². The van der Waals surface area contributed by atoms with Gasteiger partial charge in [0.2, 0.25) is 13.4 Å². The minimum Gasteiger partial charge on any atom is -0.309 e. The molecule has 3 aliphatic heterocycles. The maximum absolute atomic E-state index is 17.1. The van der Waals surface area contributed by atoms with Crippen molar-refractivity contribution in [2.75, 3.05) is 9.80 Å². The number of anilines is 4. The van der Waals surface area contributed by atoms with Crippen LogP contribution in [0.3, 0.4) is 0 Å². The largest absolute Gasteiger partial charge is 0.338 e. The van der Waals surface area contributed by atoms with Crippen molar-refractivity contribution < 1.29 is 4.79 Å². The quantitative estimate of drug-likeness (QED) is 0.153. The lowest BCUT2D eigenvalue weighted by molar-refractivity contribution is 0.255. The molecule has 0 aliphatic carbocycles. The molecule has 0 radical (unpaired) electrons. The topological polar surface area (TPSA) is 33.4 Å². The summed E-state index contributed by atoms with van der Waals surface area (Å²) in [7, 11) is 0. The minimum atomic E-state index is -0.183. The van der Waals surface area contributed by atoms with Crippen LogP contribution in [0.25, 0.3) is 76.9 Å². The van der Waals surface area contributed by atoms with Gasteiger partial charge >= 0.3 is 6.03 Å². The van der Waals surface area contributed by atoms with Crippen LogP contribution >= 0.6 is 0 Å². The Balaban J connectivity index is 1.05. The van der Waals surface area contributed by atoms with E-state index < -0.39 is 0 Å². The summed E-state index contributed by atoms with van der Waals surface area (Å²) in [5, 5.41) is 6.92. The zero-order valence-electron chi connectivity index (χ0n) is 44.3. The average Bonchev–Trinajstić information content (AvgIpc) is 3.19. The van der Waals surface area contributed by atoms with Gasteiger partial charge in [-0.15, -0.1) is 0 Å². The molecule has 0 spiro atoms. The second-order valence-corrected chi connectivity index (χ2v) is 22.0. The Kier molecular flexibility index (Phi) is 9.56. The summed E-state index contributed by atoms with van der Waals surface area (Å²) in [4.78, 5) is 21.3. The molecule has 7 heteroatoms. The molecular formula is C71H52B2N4O. The van der Waals surface area contributed by atoms with Gasteiger partial charge in [0, 0.05) is 49.7 Å². The van der Waals surface area contributed by atoms with E-state index in [2.05, 4.69) is 266 Å². The van der Waals surface area contributed by atoms with Gasteiger partial charge in [-0.05, 0) is 127 Å². The number of rotatable bonds is 6. The van der Waals surface area contributed by atoms with Gasteiger partial charge in [0.1, 0.15) is 0 Å². The fraction of sp³-hybridized carbons (Fsp3) is 0.0845. The van der Waals surface area contributed by atoms with E-state index in [9.17, 15) is 0 Å². The van der Waals surface area contributed by atoms with Gasteiger partial charge in [-0.2, -0.15) is 0 Å². The Labute approximate surface area is 454 Å². The Morgan fingerprint density at radius 3 is 1.27 bits per heavy atom. The van der Waals surface area contributed by atoms with Crippen molar-refractivity contribution in [3.63, 3.8) is 0 Å². The molecule has 2 amide bonds. The molecule has 0 atom stereocenters. The lowest BCUT2D eigenvalue weighted by Crippen LogP contribution is -2.65. The summed E-state index contributed by atoms with van der Waals surface area (Å²) in [6.07, 6.45) is 0.962. The maximum atomic E-state index is 17.1. The summed E-state index contributed by atoms with van der Waals surface area (Å²) < 4.78 is 4.77. The highest BCUT2D eigenvalue weighted by molar-refractivity contribution is 7.00. The van der Waals surface area contributed by atoms with Crippen LogP contribution in [0.5, 0.6) is 0 Å². The zero-order chi connectivity index (χ0) is 52.2.